The van der Waals surface area contributed by atoms with Crippen LogP contribution in [0.4, 0.5) is 0 Å². The molecule has 0 bridgehead atoms. The molecule has 0 aromatic heterocycles. The van der Waals surface area contributed by atoms with Gasteiger partial charge in [0.1, 0.15) is 146 Å². The van der Waals surface area contributed by atoms with Crippen molar-refractivity contribution in [3.63, 3.8) is 0 Å². The van der Waals surface area contributed by atoms with E-state index in [4.69, 9.17) is 52.1 Å². The third-order valence-corrected chi connectivity index (χ3v) is 14.0. The molecule has 0 unspecified atom stereocenters. The van der Waals surface area contributed by atoms with Gasteiger partial charge in [-0.1, -0.05) is 0 Å². The summed E-state index contributed by atoms with van der Waals surface area (Å²) in [6, 6.07) is -6.51. The average Bonchev–Trinajstić information content (AvgIpc) is 3.55. The van der Waals surface area contributed by atoms with Gasteiger partial charge in [-0.25, -0.2) is 0 Å². The van der Waals surface area contributed by atoms with Gasteiger partial charge >= 0.3 is 0 Å². The Bertz CT molecular complexity index is 1990. The number of nitrogens with one attached hydrogen (secondary N) is 4. The van der Waals surface area contributed by atoms with Crippen LogP contribution in [0, 0.1) is 0 Å². The fraction of sp³-hybridized carbons (Fsp3) is 0.909. The zero-order valence-electron chi connectivity index (χ0n) is 42.8. The van der Waals surface area contributed by atoms with Crippen molar-refractivity contribution in [3.8, 4) is 0 Å². The number of amides is 4. The van der Waals surface area contributed by atoms with Crippen LogP contribution in [0.15, 0.2) is 0 Å². The second-order valence-corrected chi connectivity index (χ2v) is 19.7. The predicted molar refractivity (Wildman–Crippen MR) is 246 cm³/mol. The summed E-state index contributed by atoms with van der Waals surface area (Å²) in [5, 5.41) is 184. The van der Waals surface area contributed by atoms with E-state index in [1.54, 1.807) is 0 Å². The molecule has 6 saturated heterocycles. The summed E-state index contributed by atoms with van der Waals surface area (Å²) < 4.78 is 64.1. The van der Waals surface area contributed by atoms with Crippen molar-refractivity contribution >= 4 is 23.6 Å². The largest absolute Gasteiger partial charge is 0.394 e. The maximum Gasteiger partial charge on any atom is 0.217 e. The van der Waals surface area contributed by atoms with Crippen LogP contribution in [-0.4, -0.2) is 329 Å². The Balaban J connectivity index is 1.30. The normalized spacial score (nSPS) is 46.7. The second-order valence-electron chi connectivity index (χ2n) is 19.7. The lowest BCUT2D eigenvalue weighted by Crippen LogP contribution is -2.70. The highest BCUT2D eigenvalue weighted by Gasteiger charge is 2.58. The van der Waals surface area contributed by atoms with Crippen molar-refractivity contribution in [2.45, 2.75) is 212 Å². The van der Waals surface area contributed by atoms with E-state index in [2.05, 4.69) is 21.3 Å². The first-order valence-corrected chi connectivity index (χ1v) is 25.1. The third kappa shape index (κ3) is 14.8. The quantitative estimate of drug-likeness (QED) is 0.0538. The van der Waals surface area contributed by atoms with E-state index in [0.717, 1.165) is 27.7 Å². The molecule has 6 rings (SSSR count). The fourth-order valence-electron chi connectivity index (χ4n) is 10.0. The van der Waals surface area contributed by atoms with Crippen LogP contribution in [0.25, 0.3) is 0 Å². The molecule has 35 nitrogen and oxygen atoms in total. The van der Waals surface area contributed by atoms with Crippen LogP contribution >= 0.6 is 0 Å². The first-order chi connectivity index (χ1) is 37.3. The first-order valence-electron chi connectivity index (χ1n) is 25.1. The number of aliphatic hydroxyl groups excluding tert-OH is 16. The summed E-state index contributed by atoms with van der Waals surface area (Å²) in [6.07, 6.45) is -49.7. The second kappa shape index (κ2) is 28.4. The molecule has 0 radical (unpaired) electrons. The molecule has 0 spiro atoms. The van der Waals surface area contributed by atoms with Crippen molar-refractivity contribution in [2.75, 3.05) is 39.6 Å². The van der Waals surface area contributed by atoms with Crippen molar-refractivity contribution in [3.05, 3.63) is 0 Å². The Hall–Kier alpha value is -3.20. The Morgan fingerprint density at radius 3 is 1.16 bits per heavy atom. The molecule has 6 heterocycles. The topological polar surface area (TPSA) is 542 Å². The molecule has 20 N–H and O–H groups in total. The molecule has 456 valence electrons. The number of hydrogen-bond donors (Lipinski definition) is 20. The number of rotatable bonds is 20. The van der Waals surface area contributed by atoms with Gasteiger partial charge in [0.25, 0.3) is 0 Å². The highest BCUT2D eigenvalue weighted by atomic mass is 16.8. The minimum Gasteiger partial charge on any atom is -0.394 e. The maximum atomic E-state index is 12.6. The van der Waals surface area contributed by atoms with E-state index in [-0.39, 0.29) is 0 Å². The lowest BCUT2D eigenvalue weighted by atomic mass is 9.94. The van der Waals surface area contributed by atoms with Crippen LogP contribution < -0.4 is 21.3 Å². The van der Waals surface area contributed by atoms with E-state index < -0.39 is 247 Å². The molecule has 6 fully saturated rings. The lowest BCUT2D eigenvalue weighted by Gasteiger charge is -2.50. The molecule has 6 aliphatic heterocycles. The minimum atomic E-state index is -2.32. The number of hydrogen-bond acceptors (Lipinski definition) is 31. The SMILES string of the molecule is CC(=O)N[C@@H]1[C@@H](O)[C@H](O[C@@H]2O[C@H](CO)[C@@H](O[C@@H]3O[C@H](CO)[C@@H](O)[C@H](O[C@H]4O[C@H](CO[C@@H]5O[C@H](CO)[C@@H](O)[C@H](O)[C@H]5NC(C)=O)[C@@H](O)[C@H](O)[C@@H]4O[C@@H]4O[C@H](CO)[C@@H](O)[C@H](O)[C@H]4NC(C)=O)[C@@H]3O)[C@H](O)[C@H]2NC(C)=O)[C@@H](CO)O[C@H]1O. The molecule has 0 aromatic rings. The molecule has 0 aromatic carbocycles. The number of ether oxygens (including phenoxy) is 11. The van der Waals surface area contributed by atoms with E-state index in [1.807, 2.05) is 0 Å². The highest BCUT2D eigenvalue weighted by molar-refractivity contribution is 5.74. The molecule has 0 saturated carbocycles. The van der Waals surface area contributed by atoms with Crippen LogP contribution in [0.2, 0.25) is 0 Å². The smallest absolute Gasteiger partial charge is 0.217 e. The zero-order chi connectivity index (χ0) is 58.5. The van der Waals surface area contributed by atoms with E-state index >= 15 is 0 Å². The van der Waals surface area contributed by atoms with Gasteiger partial charge in [0.05, 0.1) is 39.6 Å². The fourth-order valence-corrected chi connectivity index (χ4v) is 10.0. The van der Waals surface area contributed by atoms with Gasteiger partial charge in [-0.2, -0.15) is 0 Å². The summed E-state index contributed by atoms with van der Waals surface area (Å²) >= 11 is 0. The standard InChI is InChI=1S/C44H74N4O31/c1-11(54)45-21-31(64)35(18(8-52)70-39(21)68)76-42-24(48-14(4)57)32(65)36(19(9-53)74-42)77-43-34(67)37(28(61)17(7-51)73-43)78-44-38(79-41-23(47-13(3)56)30(63)26(59)16(6-50)72-41)33(66)27(60)20(75-44)10-69-40-22(46-12(2)55)29(62)25(58)15(5-49)71-40/h15-44,49-53,58-68H,5-10H2,1-4H3,(H,45,54)(H,46,55)(H,47,56)(H,48,57)/t15-,16-,17-,18-,19-,20-,21-,22-,23-,24-,25-,26-,27-,28-,29-,30-,31-,32-,33+,34+,35-,36-,37+,38+,39-,40-,41+,42+,43+,44-/m1/s1. The molecule has 30 atom stereocenters. The van der Waals surface area contributed by atoms with E-state index in [0.29, 0.717) is 0 Å². The van der Waals surface area contributed by atoms with Crippen LogP contribution in [0.3, 0.4) is 0 Å². The van der Waals surface area contributed by atoms with Crippen molar-refractivity contribution < 1.29 is 153 Å². The average molecular weight is 1160 g/mol. The Labute approximate surface area is 448 Å². The highest BCUT2D eigenvalue weighted by Crippen LogP contribution is 2.37. The van der Waals surface area contributed by atoms with Gasteiger partial charge < -0.3 is 155 Å². The van der Waals surface area contributed by atoms with Crippen LogP contribution in [-0.2, 0) is 71.3 Å². The molecule has 35 heteroatoms. The summed E-state index contributed by atoms with van der Waals surface area (Å²) in [6.45, 7) is -1.55. The Morgan fingerprint density at radius 1 is 0.329 bits per heavy atom. The first kappa shape index (κ1) is 65.0. The van der Waals surface area contributed by atoms with Gasteiger partial charge in [0.2, 0.25) is 23.6 Å². The van der Waals surface area contributed by atoms with Crippen molar-refractivity contribution in [1.29, 1.82) is 0 Å². The number of carbonyl (C=O) groups is 4. The molecule has 79 heavy (non-hydrogen) atoms. The summed E-state index contributed by atoms with van der Waals surface area (Å²) in [5.74, 6) is -3.09. The van der Waals surface area contributed by atoms with Gasteiger partial charge in [0, 0.05) is 27.7 Å². The zero-order valence-corrected chi connectivity index (χ0v) is 42.8. The van der Waals surface area contributed by atoms with Gasteiger partial charge in [0.15, 0.2) is 37.7 Å². The molecule has 0 aliphatic carbocycles. The third-order valence-electron chi connectivity index (χ3n) is 14.0. The molecular formula is C44H74N4O31. The maximum absolute atomic E-state index is 12.6. The molecular weight excluding hydrogens is 1080 g/mol. The van der Waals surface area contributed by atoms with Crippen molar-refractivity contribution in [2.24, 2.45) is 0 Å². The summed E-state index contributed by atoms with van der Waals surface area (Å²) in [5.41, 5.74) is 0. The van der Waals surface area contributed by atoms with E-state index in [1.165, 1.54) is 0 Å². The molecule has 6 aliphatic rings. The Kier molecular flexibility index (Phi) is 23.3. The van der Waals surface area contributed by atoms with Gasteiger partial charge in [-0.05, 0) is 0 Å². The molecule has 4 amide bonds. The monoisotopic (exact) mass is 1150 g/mol. The summed E-state index contributed by atoms with van der Waals surface area (Å²) in [4.78, 5) is 48.9. The minimum absolute atomic E-state index is 0.716. The van der Waals surface area contributed by atoms with Gasteiger partial charge in [-0.15, -0.1) is 0 Å². The number of carbonyl (C=O) groups excluding carboxylic acids is 4. The summed E-state index contributed by atoms with van der Waals surface area (Å²) in [7, 11) is 0. The van der Waals surface area contributed by atoms with E-state index in [9.17, 15) is 101 Å². The lowest BCUT2D eigenvalue weighted by molar-refractivity contribution is -0.393. The van der Waals surface area contributed by atoms with Gasteiger partial charge in [-0.3, -0.25) is 19.2 Å². The number of aliphatic hydroxyl groups is 16. The van der Waals surface area contributed by atoms with Crippen LogP contribution in [0.5, 0.6) is 0 Å². The van der Waals surface area contributed by atoms with Crippen LogP contribution in [0.1, 0.15) is 27.7 Å². The van der Waals surface area contributed by atoms with Crippen molar-refractivity contribution in [1.82, 2.24) is 21.3 Å². The predicted octanol–water partition coefficient (Wildman–Crippen LogP) is -13.5. The Morgan fingerprint density at radius 2 is 0.671 bits per heavy atom.